The molecular formula is C8H11N3O2. The molecule has 1 heterocycles. The van der Waals surface area contributed by atoms with Crippen LogP contribution in [-0.4, -0.2) is 22.1 Å². The van der Waals surface area contributed by atoms with Crippen LogP contribution in [0, 0.1) is 0 Å². The molecule has 1 aliphatic carbocycles. The van der Waals surface area contributed by atoms with Crippen LogP contribution in [0.25, 0.3) is 0 Å². The third-order valence-electron chi connectivity index (χ3n) is 2.07. The van der Waals surface area contributed by atoms with Gasteiger partial charge in [-0.3, -0.25) is 4.79 Å². The third kappa shape index (κ3) is 1.86. The van der Waals surface area contributed by atoms with Gasteiger partial charge in [0.1, 0.15) is 6.10 Å². The van der Waals surface area contributed by atoms with Crippen molar-refractivity contribution >= 4 is 0 Å². The molecule has 0 amide bonds. The maximum absolute atomic E-state index is 10.8. The molecule has 0 spiro atoms. The summed E-state index contributed by atoms with van der Waals surface area (Å²) in [5.74, 6) is 0.376. The summed E-state index contributed by atoms with van der Waals surface area (Å²) >= 11 is 0. The Labute approximate surface area is 74.9 Å². The zero-order valence-electron chi connectivity index (χ0n) is 7.06. The molecule has 1 aliphatic rings. The summed E-state index contributed by atoms with van der Waals surface area (Å²) < 4.78 is 5.39. The van der Waals surface area contributed by atoms with Crippen LogP contribution in [0.2, 0.25) is 0 Å². The Hall–Kier alpha value is -1.36. The number of hydrogen-bond acceptors (Lipinski definition) is 4. The summed E-state index contributed by atoms with van der Waals surface area (Å²) in [6.07, 6.45) is 3.14. The molecule has 5 heteroatoms. The fraction of sp³-hybridized carbons (Fsp3) is 0.500. The standard InChI is InChI=1S/C8H11N3O2/c9-5-1-6(2-5)13-8-3-7(12)10-4-11-8/h3-6H,1-2,9H2,(H,10,11,12). The van der Waals surface area contributed by atoms with Gasteiger partial charge in [0, 0.05) is 6.04 Å². The highest BCUT2D eigenvalue weighted by Gasteiger charge is 2.27. The molecule has 0 bridgehead atoms. The average molecular weight is 181 g/mol. The van der Waals surface area contributed by atoms with Gasteiger partial charge in [0.05, 0.1) is 12.4 Å². The molecule has 0 saturated heterocycles. The smallest absolute Gasteiger partial charge is 0.254 e. The summed E-state index contributed by atoms with van der Waals surface area (Å²) in [7, 11) is 0. The van der Waals surface area contributed by atoms with Crippen molar-refractivity contribution in [3.63, 3.8) is 0 Å². The fourth-order valence-electron chi connectivity index (χ4n) is 1.29. The van der Waals surface area contributed by atoms with Crippen molar-refractivity contribution in [2.45, 2.75) is 25.0 Å². The first-order chi connectivity index (χ1) is 6.24. The summed E-state index contributed by atoms with van der Waals surface area (Å²) in [6, 6.07) is 1.58. The Bertz CT molecular complexity index is 343. The van der Waals surface area contributed by atoms with Gasteiger partial charge < -0.3 is 15.5 Å². The fourth-order valence-corrected chi connectivity index (χ4v) is 1.29. The highest BCUT2D eigenvalue weighted by atomic mass is 16.5. The molecule has 13 heavy (non-hydrogen) atoms. The van der Waals surface area contributed by atoms with Crippen molar-refractivity contribution in [2.75, 3.05) is 0 Å². The summed E-state index contributed by atoms with van der Waals surface area (Å²) in [5, 5.41) is 0. The Kier molecular flexibility index (Phi) is 2.02. The molecule has 5 nitrogen and oxygen atoms in total. The van der Waals surface area contributed by atoms with Gasteiger partial charge in [0.25, 0.3) is 5.56 Å². The second-order valence-electron chi connectivity index (χ2n) is 3.22. The molecule has 2 rings (SSSR count). The van der Waals surface area contributed by atoms with E-state index in [2.05, 4.69) is 9.97 Å². The van der Waals surface area contributed by atoms with E-state index in [1.807, 2.05) is 0 Å². The normalized spacial score (nSPS) is 26.5. The molecule has 1 fully saturated rings. The topological polar surface area (TPSA) is 81.0 Å². The van der Waals surface area contributed by atoms with Crippen LogP contribution in [0.1, 0.15) is 12.8 Å². The molecule has 0 atom stereocenters. The van der Waals surface area contributed by atoms with Crippen molar-refractivity contribution in [3.05, 3.63) is 22.7 Å². The van der Waals surface area contributed by atoms with Gasteiger partial charge in [-0.15, -0.1) is 0 Å². The van der Waals surface area contributed by atoms with E-state index in [9.17, 15) is 4.79 Å². The molecule has 1 aromatic heterocycles. The van der Waals surface area contributed by atoms with Gasteiger partial charge in [-0.25, -0.2) is 4.98 Å². The van der Waals surface area contributed by atoms with E-state index >= 15 is 0 Å². The number of aromatic nitrogens is 2. The number of hydrogen-bond donors (Lipinski definition) is 2. The third-order valence-corrected chi connectivity index (χ3v) is 2.07. The van der Waals surface area contributed by atoms with Crippen molar-refractivity contribution in [2.24, 2.45) is 5.73 Å². The zero-order chi connectivity index (χ0) is 9.26. The maximum atomic E-state index is 10.8. The van der Waals surface area contributed by atoms with Gasteiger partial charge in [-0.2, -0.15) is 0 Å². The minimum atomic E-state index is -0.200. The summed E-state index contributed by atoms with van der Waals surface area (Å²) in [4.78, 5) is 17.1. The van der Waals surface area contributed by atoms with Gasteiger partial charge >= 0.3 is 0 Å². The minimum absolute atomic E-state index is 0.129. The summed E-state index contributed by atoms with van der Waals surface area (Å²) in [5.41, 5.74) is 5.38. The van der Waals surface area contributed by atoms with Crippen molar-refractivity contribution in [1.82, 2.24) is 9.97 Å². The largest absolute Gasteiger partial charge is 0.474 e. The lowest BCUT2D eigenvalue weighted by Crippen LogP contribution is -2.43. The first kappa shape index (κ1) is 8.25. The van der Waals surface area contributed by atoms with E-state index in [1.165, 1.54) is 12.4 Å². The first-order valence-corrected chi connectivity index (χ1v) is 4.21. The number of aromatic amines is 1. The molecule has 70 valence electrons. The predicted octanol–water partition coefficient (Wildman–Crippen LogP) is -0.362. The van der Waals surface area contributed by atoms with Crippen LogP contribution < -0.4 is 16.0 Å². The lowest BCUT2D eigenvalue weighted by molar-refractivity contribution is 0.0955. The lowest BCUT2D eigenvalue weighted by atomic mass is 9.90. The van der Waals surface area contributed by atoms with E-state index in [4.69, 9.17) is 10.5 Å². The van der Waals surface area contributed by atoms with Crippen molar-refractivity contribution in [3.8, 4) is 5.88 Å². The van der Waals surface area contributed by atoms with Crippen LogP contribution in [0.15, 0.2) is 17.2 Å². The molecule has 3 N–H and O–H groups in total. The Morgan fingerprint density at radius 3 is 3.00 bits per heavy atom. The number of H-pyrrole nitrogens is 1. The zero-order valence-corrected chi connectivity index (χ0v) is 7.06. The SMILES string of the molecule is NC1CC(Oc2cc(=O)[nH]cn2)C1. The van der Waals surface area contributed by atoms with E-state index in [-0.39, 0.29) is 17.7 Å². The maximum Gasteiger partial charge on any atom is 0.254 e. The predicted molar refractivity (Wildman–Crippen MR) is 46.5 cm³/mol. The Morgan fingerprint density at radius 2 is 2.38 bits per heavy atom. The quantitative estimate of drug-likeness (QED) is 0.652. The second-order valence-corrected chi connectivity index (χ2v) is 3.22. The highest BCUT2D eigenvalue weighted by Crippen LogP contribution is 2.22. The first-order valence-electron chi connectivity index (χ1n) is 4.21. The van der Waals surface area contributed by atoms with Crippen LogP contribution >= 0.6 is 0 Å². The van der Waals surface area contributed by atoms with Gasteiger partial charge in [0.15, 0.2) is 0 Å². The molecule has 0 unspecified atom stereocenters. The number of rotatable bonds is 2. The van der Waals surface area contributed by atoms with Crippen LogP contribution in [0.4, 0.5) is 0 Å². The molecule has 0 aliphatic heterocycles. The molecular weight excluding hydrogens is 170 g/mol. The number of nitrogens with two attached hydrogens (primary N) is 1. The number of ether oxygens (including phenoxy) is 1. The lowest BCUT2D eigenvalue weighted by Gasteiger charge is -2.31. The molecule has 1 saturated carbocycles. The molecule has 1 aromatic rings. The Morgan fingerprint density at radius 1 is 1.62 bits per heavy atom. The van der Waals surface area contributed by atoms with E-state index in [0.29, 0.717) is 5.88 Å². The second kappa shape index (κ2) is 3.18. The van der Waals surface area contributed by atoms with Crippen molar-refractivity contribution < 1.29 is 4.74 Å². The Balaban J connectivity index is 1.98. The highest BCUT2D eigenvalue weighted by molar-refractivity contribution is 5.06. The minimum Gasteiger partial charge on any atom is -0.474 e. The van der Waals surface area contributed by atoms with Crippen LogP contribution in [0.3, 0.4) is 0 Å². The molecule has 0 radical (unpaired) electrons. The summed E-state index contributed by atoms with van der Waals surface area (Å²) in [6.45, 7) is 0. The monoisotopic (exact) mass is 181 g/mol. The van der Waals surface area contributed by atoms with E-state index < -0.39 is 0 Å². The number of nitrogens with zero attached hydrogens (tertiary/aromatic N) is 1. The van der Waals surface area contributed by atoms with Crippen LogP contribution in [0.5, 0.6) is 5.88 Å². The van der Waals surface area contributed by atoms with Gasteiger partial charge in [-0.05, 0) is 12.8 Å². The van der Waals surface area contributed by atoms with E-state index in [1.54, 1.807) is 0 Å². The van der Waals surface area contributed by atoms with E-state index in [0.717, 1.165) is 12.8 Å². The van der Waals surface area contributed by atoms with Gasteiger partial charge in [0.2, 0.25) is 5.88 Å². The van der Waals surface area contributed by atoms with Gasteiger partial charge in [-0.1, -0.05) is 0 Å². The number of nitrogens with one attached hydrogen (secondary N) is 1. The molecule has 0 aromatic carbocycles. The van der Waals surface area contributed by atoms with Crippen molar-refractivity contribution in [1.29, 1.82) is 0 Å². The average Bonchev–Trinajstić information content (AvgIpc) is 2.01. The van der Waals surface area contributed by atoms with Crippen LogP contribution in [-0.2, 0) is 0 Å².